The molecule has 0 radical (unpaired) electrons. The molecule has 0 N–H and O–H groups in total. The summed E-state index contributed by atoms with van der Waals surface area (Å²) >= 11 is 0. The zero-order chi connectivity index (χ0) is 31.3. The summed E-state index contributed by atoms with van der Waals surface area (Å²) in [6.45, 7) is 0. The Balaban J connectivity index is 1.41. The highest BCUT2D eigenvalue weighted by Crippen LogP contribution is 2.46. The third kappa shape index (κ3) is 3.28. The van der Waals surface area contributed by atoms with Crippen molar-refractivity contribution in [3.05, 3.63) is 158 Å². The Morgan fingerprint density at radius 3 is 1.54 bits per heavy atom. The standard InChI is InChI=1S/C44H26N4/c1-2-12-27(13-3-1)47-39-21-11-9-19-35(39)41-42-37(25-45-26-46-42)40-34-18-8-10-20-38(34)48(43(40)44(41)47)28-22-23-33-31-16-5-4-14-29(31)30-15-6-7-17-32(30)36(33)24-28/h1-26H. The van der Waals surface area contributed by atoms with Crippen LogP contribution in [0.25, 0.3) is 98.2 Å². The van der Waals surface area contributed by atoms with Crippen LogP contribution >= 0.6 is 0 Å². The van der Waals surface area contributed by atoms with Gasteiger partial charge in [-0.25, -0.2) is 9.97 Å². The number of rotatable bonds is 2. The van der Waals surface area contributed by atoms with Crippen LogP contribution in [0.4, 0.5) is 0 Å². The summed E-state index contributed by atoms with van der Waals surface area (Å²) in [6.07, 6.45) is 3.68. The highest BCUT2D eigenvalue weighted by Gasteiger charge is 2.25. The van der Waals surface area contributed by atoms with Gasteiger partial charge in [-0.2, -0.15) is 0 Å². The predicted molar refractivity (Wildman–Crippen MR) is 201 cm³/mol. The van der Waals surface area contributed by atoms with Gasteiger partial charge in [-0.3, -0.25) is 0 Å². The number of hydrogen-bond donors (Lipinski definition) is 0. The molecule has 222 valence electrons. The first kappa shape index (κ1) is 25.6. The highest BCUT2D eigenvalue weighted by molar-refractivity contribution is 6.35. The highest BCUT2D eigenvalue weighted by atomic mass is 15.0. The second-order valence-electron chi connectivity index (χ2n) is 12.6. The molecule has 48 heavy (non-hydrogen) atoms. The first-order valence-electron chi connectivity index (χ1n) is 16.3. The van der Waals surface area contributed by atoms with Gasteiger partial charge < -0.3 is 9.13 Å². The summed E-state index contributed by atoms with van der Waals surface area (Å²) in [5.41, 5.74) is 7.81. The minimum atomic E-state index is 0.970. The zero-order valence-electron chi connectivity index (χ0n) is 25.8. The van der Waals surface area contributed by atoms with Crippen LogP contribution in [0.5, 0.6) is 0 Å². The van der Waals surface area contributed by atoms with Gasteiger partial charge in [0.05, 0.1) is 27.6 Å². The second-order valence-corrected chi connectivity index (χ2v) is 12.6. The van der Waals surface area contributed by atoms with Crippen molar-refractivity contribution in [1.82, 2.24) is 19.1 Å². The molecule has 0 aliphatic rings. The van der Waals surface area contributed by atoms with E-state index in [1.54, 1.807) is 6.33 Å². The van der Waals surface area contributed by atoms with Crippen molar-refractivity contribution in [2.75, 3.05) is 0 Å². The van der Waals surface area contributed by atoms with Gasteiger partial charge in [0.2, 0.25) is 0 Å². The molecule has 4 heteroatoms. The maximum Gasteiger partial charge on any atom is 0.116 e. The zero-order valence-corrected chi connectivity index (χ0v) is 25.8. The van der Waals surface area contributed by atoms with E-state index in [4.69, 9.17) is 4.98 Å². The number of benzene rings is 8. The summed E-state index contributed by atoms with van der Waals surface area (Å²) in [5.74, 6) is 0. The van der Waals surface area contributed by atoms with Crippen LogP contribution in [0.15, 0.2) is 158 Å². The monoisotopic (exact) mass is 610 g/mol. The third-order valence-corrected chi connectivity index (χ3v) is 10.2. The molecule has 0 aliphatic carbocycles. The average Bonchev–Trinajstić information content (AvgIpc) is 3.69. The first-order valence-corrected chi connectivity index (χ1v) is 16.3. The van der Waals surface area contributed by atoms with Crippen molar-refractivity contribution in [3.63, 3.8) is 0 Å². The Labute approximate surface area is 274 Å². The van der Waals surface area contributed by atoms with E-state index in [9.17, 15) is 0 Å². The van der Waals surface area contributed by atoms with Crippen LogP contribution in [0, 0.1) is 0 Å². The molecule has 0 spiro atoms. The quantitative estimate of drug-likeness (QED) is 0.183. The number of fused-ring (bicyclic) bond motifs is 16. The van der Waals surface area contributed by atoms with Gasteiger partial charge in [-0.1, -0.05) is 109 Å². The molecule has 0 amide bonds. The Morgan fingerprint density at radius 1 is 0.375 bits per heavy atom. The van der Waals surface area contributed by atoms with E-state index in [-0.39, 0.29) is 0 Å². The van der Waals surface area contributed by atoms with Crippen LogP contribution in [0.2, 0.25) is 0 Å². The summed E-state index contributed by atoms with van der Waals surface area (Å²) in [6, 6.07) is 52.7. The summed E-state index contributed by atoms with van der Waals surface area (Å²) in [4.78, 5) is 9.56. The minimum absolute atomic E-state index is 0.970. The van der Waals surface area contributed by atoms with Gasteiger partial charge in [0.25, 0.3) is 0 Å². The van der Waals surface area contributed by atoms with Crippen molar-refractivity contribution in [2.45, 2.75) is 0 Å². The Morgan fingerprint density at radius 2 is 0.875 bits per heavy atom. The molecule has 0 saturated heterocycles. The lowest BCUT2D eigenvalue weighted by Crippen LogP contribution is -1.99. The fourth-order valence-corrected chi connectivity index (χ4v) is 8.30. The molecule has 4 nitrogen and oxygen atoms in total. The lowest BCUT2D eigenvalue weighted by Gasteiger charge is -2.15. The predicted octanol–water partition coefficient (Wildman–Crippen LogP) is 11.3. The van der Waals surface area contributed by atoms with Crippen LogP contribution in [-0.4, -0.2) is 19.1 Å². The van der Waals surface area contributed by atoms with Crippen molar-refractivity contribution >= 4 is 86.8 Å². The summed E-state index contributed by atoms with van der Waals surface area (Å²) in [5, 5.41) is 13.3. The van der Waals surface area contributed by atoms with Gasteiger partial charge in [0.15, 0.2) is 0 Å². The Hall–Kier alpha value is -6.52. The molecule has 0 aliphatic heterocycles. The van der Waals surface area contributed by atoms with Crippen LogP contribution in [0.3, 0.4) is 0 Å². The molecular formula is C44H26N4. The topological polar surface area (TPSA) is 35.6 Å². The second kappa shape index (κ2) is 9.50. The summed E-state index contributed by atoms with van der Waals surface area (Å²) in [7, 11) is 0. The molecule has 3 aromatic heterocycles. The molecule has 0 unspecified atom stereocenters. The largest absolute Gasteiger partial charge is 0.307 e. The molecule has 0 atom stereocenters. The maximum atomic E-state index is 4.98. The van der Waals surface area contributed by atoms with E-state index >= 15 is 0 Å². The van der Waals surface area contributed by atoms with Gasteiger partial charge in [-0.15, -0.1) is 0 Å². The van der Waals surface area contributed by atoms with E-state index in [1.807, 2.05) is 6.20 Å². The van der Waals surface area contributed by atoms with Crippen LogP contribution < -0.4 is 0 Å². The van der Waals surface area contributed by atoms with Crippen molar-refractivity contribution in [2.24, 2.45) is 0 Å². The molecular weight excluding hydrogens is 585 g/mol. The molecule has 11 aromatic rings. The number of aromatic nitrogens is 4. The molecule has 3 heterocycles. The van der Waals surface area contributed by atoms with E-state index in [0.717, 1.165) is 55.1 Å². The molecule has 11 rings (SSSR count). The fourth-order valence-electron chi connectivity index (χ4n) is 8.30. The lowest BCUT2D eigenvalue weighted by atomic mass is 9.94. The van der Waals surface area contributed by atoms with Gasteiger partial charge >= 0.3 is 0 Å². The normalized spacial score (nSPS) is 12.2. The molecule has 8 aromatic carbocycles. The molecule has 0 fully saturated rings. The fraction of sp³-hybridized carbons (Fsp3) is 0. The first-order chi connectivity index (χ1) is 23.9. The number of para-hydroxylation sites is 3. The SMILES string of the molecule is c1ccc(-n2c3ccccc3c3c4ncncc4c4c5ccccc5n(-c5ccc6c7ccccc7c7ccccc7c6c5)c4c32)cc1. The number of nitrogens with zero attached hydrogens (tertiary/aromatic N) is 4. The van der Waals surface area contributed by atoms with E-state index in [0.29, 0.717) is 0 Å². The smallest absolute Gasteiger partial charge is 0.116 e. The summed E-state index contributed by atoms with van der Waals surface area (Å²) < 4.78 is 4.90. The van der Waals surface area contributed by atoms with Gasteiger partial charge in [0, 0.05) is 44.5 Å². The van der Waals surface area contributed by atoms with Crippen LogP contribution in [0.1, 0.15) is 0 Å². The van der Waals surface area contributed by atoms with E-state index in [1.165, 1.54) is 43.1 Å². The van der Waals surface area contributed by atoms with E-state index in [2.05, 4.69) is 160 Å². The van der Waals surface area contributed by atoms with Crippen molar-refractivity contribution < 1.29 is 0 Å². The number of hydrogen-bond acceptors (Lipinski definition) is 2. The maximum absolute atomic E-state index is 4.98. The van der Waals surface area contributed by atoms with E-state index < -0.39 is 0 Å². The minimum Gasteiger partial charge on any atom is -0.307 e. The van der Waals surface area contributed by atoms with Crippen molar-refractivity contribution in [3.8, 4) is 11.4 Å². The molecule has 0 saturated carbocycles. The average molecular weight is 611 g/mol. The van der Waals surface area contributed by atoms with Gasteiger partial charge in [0.1, 0.15) is 6.33 Å². The molecule has 0 bridgehead atoms. The third-order valence-electron chi connectivity index (χ3n) is 10.2. The lowest BCUT2D eigenvalue weighted by molar-refractivity contribution is 1.15. The van der Waals surface area contributed by atoms with Crippen LogP contribution in [-0.2, 0) is 0 Å². The Kier molecular flexibility index (Phi) is 5.08. The van der Waals surface area contributed by atoms with Gasteiger partial charge in [-0.05, 0) is 68.7 Å². The van der Waals surface area contributed by atoms with Crippen molar-refractivity contribution in [1.29, 1.82) is 0 Å². The Bertz CT molecular complexity index is 3080.